The van der Waals surface area contributed by atoms with Gasteiger partial charge in [0.05, 0.1) is 0 Å². The zero-order valence-electron chi connectivity index (χ0n) is 14.1. The summed E-state index contributed by atoms with van der Waals surface area (Å²) in [6.45, 7) is 6.55. The number of hydrogen-bond acceptors (Lipinski definition) is 4. The van der Waals surface area contributed by atoms with E-state index in [9.17, 15) is 9.59 Å². The molecule has 130 valence electrons. The summed E-state index contributed by atoms with van der Waals surface area (Å²) < 4.78 is 0. The molecular weight excluding hydrogens is 306 g/mol. The Morgan fingerprint density at radius 1 is 0.958 bits per heavy atom. The molecule has 7 nitrogen and oxygen atoms in total. The van der Waals surface area contributed by atoms with Crippen LogP contribution in [0.5, 0.6) is 0 Å². The summed E-state index contributed by atoms with van der Waals surface area (Å²) in [5.74, 6) is 0. The third-order valence-electron chi connectivity index (χ3n) is 4.74. The molecule has 2 aliphatic rings. The predicted octanol–water partition coefficient (Wildman–Crippen LogP) is 0.744. The first-order valence-electron chi connectivity index (χ1n) is 8.44. The summed E-state index contributed by atoms with van der Waals surface area (Å²) in [5, 5.41) is 2.94. The van der Waals surface area contributed by atoms with Gasteiger partial charge in [-0.15, -0.1) is 0 Å². The Balaban J connectivity index is 1.52. The van der Waals surface area contributed by atoms with Crippen LogP contribution in [0.15, 0.2) is 24.3 Å². The molecule has 2 heterocycles. The summed E-state index contributed by atoms with van der Waals surface area (Å²) in [6, 6.07) is 7.92. The SMILES string of the molecule is CN1CCN(c2ccc(NC(=O)N3CCN(C=O)CC3)cc2)CC1. The van der Waals surface area contributed by atoms with E-state index in [4.69, 9.17) is 0 Å². The van der Waals surface area contributed by atoms with Gasteiger partial charge in [0.2, 0.25) is 6.41 Å². The molecule has 1 aromatic rings. The summed E-state index contributed by atoms with van der Waals surface area (Å²) in [6.07, 6.45) is 0.840. The van der Waals surface area contributed by atoms with E-state index < -0.39 is 0 Å². The van der Waals surface area contributed by atoms with Crippen LogP contribution in [0.25, 0.3) is 0 Å². The second-order valence-corrected chi connectivity index (χ2v) is 6.40. The average Bonchev–Trinajstić information content (AvgIpc) is 2.63. The van der Waals surface area contributed by atoms with Gasteiger partial charge >= 0.3 is 6.03 Å². The van der Waals surface area contributed by atoms with Crippen LogP contribution in [0.2, 0.25) is 0 Å². The molecule has 3 rings (SSSR count). The van der Waals surface area contributed by atoms with Crippen LogP contribution in [-0.4, -0.2) is 86.5 Å². The number of nitrogens with zero attached hydrogens (tertiary/aromatic N) is 4. The molecule has 0 radical (unpaired) electrons. The molecule has 3 amide bonds. The fourth-order valence-corrected chi connectivity index (χ4v) is 3.05. The van der Waals surface area contributed by atoms with Crippen molar-refractivity contribution in [2.75, 3.05) is 69.6 Å². The van der Waals surface area contributed by atoms with Gasteiger partial charge in [0.15, 0.2) is 0 Å². The number of likely N-dealkylation sites (N-methyl/N-ethyl adjacent to an activating group) is 1. The molecular formula is C17H25N5O2. The van der Waals surface area contributed by atoms with Crippen LogP contribution in [-0.2, 0) is 4.79 Å². The average molecular weight is 331 g/mol. The number of carbonyl (C=O) groups is 2. The Hall–Kier alpha value is -2.28. The highest BCUT2D eigenvalue weighted by Gasteiger charge is 2.20. The van der Waals surface area contributed by atoms with Gasteiger partial charge in [-0.3, -0.25) is 4.79 Å². The van der Waals surface area contributed by atoms with Gasteiger partial charge in [0.25, 0.3) is 0 Å². The second kappa shape index (κ2) is 7.53. The Morgan fingerprint density at radius 2 is 1.58 bits per heavy atom. The van der Waals surface area contributed by atoms with Crippen LogP contribution in [0.3, 0.4) is 0 Å². The van der Waals surface area contributed by atoms with E-state index in [1.165, 1.54) is 5.69 Å². The predicted molar refractivity (Wildman–Crippen MR) is 94.4 cm³/mol. The number of anilines is 2. The minimum Gasteiger partial charge on any atom is -0.369 e. The monoisotopic (exact) mass is 331 g/mol. The largest absolute Gasteiger partial charge is 0.369 e. The van der Waals surface area contributed by atoms with E-state index in [0.29, 0.717) is 26.2 Å². The van der Waals surface area contributed by atoms with E-state index in [1.807, 2.05) is 12.1 Å². The molecule has 1 aromatic carbocycles. The van der Waals surface area contributed by atoms with Gasteiger partial charge in [0.1, 0.15) is 0 Å². The standard InChI is InChI=1S/C17H25N5O2/c1-19-6-10-21(11-7-19)16-4-2-15(3-5-16)18-17(24)22-12-8-20(14-23)9-13-22/h2-5,14H,6-13H2,1H3,(H,18,24). The second-order valence-electron chi connectivity index (χ2n) is 6.40. The highest BCUT2D eigenvalue weighted by Crippen LogP contribution is 2.19. The summed E-state index contributed by atoms with van der Waals surface area (Å²) >= 11 is 0. The van der Waals surface area contributed by atoms with Gasteiger partial charge in [-0.1, -0.05) is 0 Å². The lowest BCUT2D eigenvalue weighted by atomic mass is 10.2. The van der Waals surface area contributed by atoms with Crippen molar-refractivity contribution in [3.05, 3.63) is 24.3 Å². The smallest absolute Gasteiger partial charge is 0.321 e. The van der Waals surface area contributed by atoms with Crippen molar-refractivity contribution < 1.29 is 9.59 Å². The molecule has 2 aliphatic heterocycles. The number of amides is 3. The van der Waals surface area contributed by atoms with Gasteiger partial charge < -0.3 is 24.9 Å². The Kier molecular flexibility index (Phi) is 5.20. The third kappa shape index (κ3) is 3.97. The number of benzene rings is 1. The summed E-state index contributed by atoms with van der Waals surface area (Å²) in [4.78, 5) is 31.1. The van der Waals surface area contributed by atoms with Crippen LogP contribution in [0.1, 0.15) is 0 Å². The normalized spacial score (nSPS) is 19.3. The Labute approximate surface area is 142 Å². The van der Waals surface area contributed by atoms with Crippen molar-refractivity contribution >= 4 is 23.8 Å². The Bertz CT molecular complexity index is 561. The molecule has 0 saturated carbocycles. The molecule has 0 unspecified atom stereocenters. The molecule has 2 fully saturated rings. The van der Waals surface area contributed by atoms with Crippen LogP contribution < -0.4 is 10.2 Å². The van der Waals surface area contributed by atoms with E-state index >= 15 is 0 Å². The van der Waals surface area contributed by atoms with Crippen LogP contribution >= 0.6 is 0 Å². The van der Waals surface area contributed by atoms with Gasteiger partial charge in [0, 0.05) is 63.7 Å². The van der Waals surface area contributed by atoms with Crippen molar-refractivity contribution in [1.82, 2.24) is 14.7 Å². The van der Waals surface area contributed by atoms with E-state index in [-0.39, 0.29) is 6.03 Å². The summed E-state index contributed by atoms with van der Waals surface area (Å²) in [7, 11) is 2.14. The molecule has 0 atom stereocenters. The first-order chi connectivity index (χ1) is 11.7. The number of carbonyl (C=O) groups excluding carboxylic acids is 2. The fourth-order valence-electron chi connectivity index (χ4n) is 3.05. The highest BCUT2D eigenvalue weighted by atomic mass is 16.2. The number of nitrogens with one attached hydrogen (secondary N) is 1. The van der Waals surface area contributed by atoms with Gasteiger partial charge in [-0.2, -0.15) is 0 Å². The highest BCUT2D eigenvalue weighted by molar-refractivity contribution is 5.89. The van der Waals surface area contributed by atoms with Crippen molar-refractivity contribution in [3.63, 3.8) is 0 Å². The lowest BCUT2D eigenvalue weighted by Gasteiger charge is -2.34. The lowest BCUT2D eigenvalue weighted by molar-refractivity contribution is -0.119. The van der Waals surface area contributed by atoms with Gasteiger partial charge in [-0.05, 0) is 31.3 Å². The van der Waals surface area contributed by atoms with Crippen molar-refractivity contribution in [3.8, 4) is 0 Å². The fraction of sp³-hybridized carbons (Fsp3) is 0.529. The zero-order chi connectivity index (χ0) is 16.9. The minimum atomic E-state index is -0.104. The van der Waals surface area contributed by atoms with Crippen molar-refractivity contribution in [2.24, 2.45) is 0 Å². The van der Waals surface area contributed by atoms with Crippen molar-refractivity contribution in [2.45, 2.75) is 0 Å². The Morgan fingerprint density at radius 3 is 2.17 bits per heavy atom. The lowest BCUT2D eigenvalue weighted by Crippen LogP contribution is -2.49. The van der Waals surface area contributed by atoms with Crippen LogP contribution in [0, 0.1) is 0 Å². The first kappa shape index (κ1) is 16.6. The van der Waals surface area contributed by atoms with E-state index in [0.717, 1.165) is 38.3 Å². The summed E-state index contributed by atoms with van der Waals surface area (Å²) in [5.41, 5.74) is 2.00. The van der Waals surface area contributed by atoms with Crippen LogP contribution in [0.4, 0.5) is 16.2 Å². The molecule has 2 saturated heterocycles. The zero-order valence-corrected chi connectivity index (χ0v) is 14.1. The number of urea groups is 1. The number of hydrogen-bond donors (Lipinski definition) is 1. The maximum absolute atomic E-state index is 12.3. The number of piperazine rings is 2. The quantitative estimate of drug-likeness (QED) is 0.830. The van der Waals surface area contributed by atoms with E-state index in [2.05, 4.69) is 34.3 Å². The molecule has 0 aromatic heterocycles. The minimum absolute atomic E-state index is 0.104. The molecule has 0 aliphatic carbocycles. The van der Waals surface area contributed by atoms with Gasteiger partial charge in [-0.25, -0.2) is 4.79 Å². The molecule has 0 bridgehead atoms. The number of rotatable bonds is 3. The molecule has 7 heteroatoms. The maximum Gasteiger partial charge on any atom is 0.321 e. The molecule has 24 heavy (non-hydrogen) atoms. The molecule has 1 N–H and O–H groups in total. The van der Waals surface area contributed by atoms with E-state index in [1.54, 1.807) is 9.80 Å². The molecule has 0 spiro atoms. The maximum atomic E-state index is 12.3. The first-order valence-corrected chi connectivity index (χ1v) is 8.44. The van der Waals surface area contributed by atoms with Crippen molar-refractivity contribution in [1.29, 1.82) is 0 Å². The topological polar surface area (TPSA) is 59.1 Å². The third-order valence-corrected chi connectivity index (χ3v) is 4.74.